The van der Waals surface area contributed by atoms with Crippen LogP contribution in [-0.2, 0) is 17.9 Å². The minimum absolute atomic E-state index is 0.606. The number of alkyl halides is 3. The van der Waals surface area contributed by atoms with E-state index in [2.05, 4.69) is 22.3 Å². The van der Waals surface area contributed by atoms with Gasteiger partial charge >= 0.3 is 12.1 Å². The van der Waals surface area contributed by atoms with E-state index in [1.807, 2.05) is 6.07 Å². The van der Waals surface area contributed by atoms with Crippen LogP contribution in [0.15, 0.2) is 18.2 Å². The van der Waals surface area contributed by atoms with Crippen LogP contribution in [0.3, 0.4) is 0 Å². The van der Waals surface area contributed by atoms with Gasteiger partial charge in [0.1, 0.15) is 0 Å². The molecule has 4 rings (SSSR count). The van der Waals surface area contributed by atoms with Gasteiger partial charge in [-0.25, -0.2) is 4.79 Å². The standard InChI is InChI=1S/C14H17ClN2.C2HF3O2/c15-13-3-1-2-10-6-17(7-12(10)13)9-14-4-11(14)5-16-8-14;3-2(4,5)1(6)7/h1-3,11,16H,4-9H2;(H,6,7). The third-order valence-corrected chi connectivity index (χ3v) is 5.35. The molecule has 2 N–H and O–H groups in total. The molecule has 3 aliphatic rings. The van der Waals surface area contributed by atoms with Crippen molar-refractivity contribution in [3.05, 3.63) is 34.3 Å². The zero-order valence-electron chi connectivity index (χ0n) is 12.9. The molecule has 1 aliphatic carbocycles. The van der Waals surface area contributed by atoms with Crippen LogP contribution in [0.2, 0.25) is 5.02 Å². The Morgan fingerprint density at radius 3 is 2.62 bits per heavy atom. The van der Waals surface area contributed by atoms with Crippen LogP contribution in [0, 0.1) is 11.3 Å². The van der Waals surface area contributed by atoms with Gasteiger partial charge in [-0.15, -0.1) is 0 Å². The first-order chi connectivity index (χ1) is 11.2. The molecule has 1 aromatic carbocycles. The molecule has 8 heteroatoms. The average Bonchev–Trinajstić information content (AvgIpc) is 2.82. The molecule has 2 unspecified atom stereocenters. The second-order valence-electron chi connectivity index (χ2n) is 6.72. The molecule has 2 heterocycles. The topological polar surface area (TPSA) is 52.6 Å². The van der Waals surface area contributed by atoms with Crippen molar-refractivity contribution < 1.29 is 23.1 Å². The molecule has 1 aromatic rings. The van der Waals surface area contributed by atoms with Crippen molar-refractivity contribution >= 4 is 17.6 Å². The number of piperidine rings is 1. The molecule has 2 atom stereocenters. The SMILES string of the molecule is Clc1cccc2c1CN(CC13CNCC1C3)C2.O=C(O)C(F)(F)F. The Kier molecular flexibility index (Phi) is 4.53. The summed E-state index contributed by atoms with van der Waals surface area (Å²) in [4.78, 5) is 11.5. The summed E-state index contributed by atoms with van der Waals surface area (Å²) in [5.74, 6) is -1.81. The highest BCUT2D eigenvalue weighted by Crippen LogP contribution is 2.55. The van der Waals surface area contributed by atoms with E-state index in [1.165, 1.54) is 37.2 Å². The van der Waals surface area contributed by atoms with Gasteiger partial charge in [0.25, 0.3) is 0 Å². The minimum atomic E-state index is -5.08. The van der Waals surface area contributed by atoms with E-state index in [9.17, 15) is 13.2 Å². The van der Waals surface area contributed by atoms with E-state index in [1.54, 1.807) is 0 Å². The monoisotopic (exact) mass is 362 g/mol. The van der Waals surface area contributed by atoms with Gasteiger partial charge in [-0.2, -0.15) is 13.2 Å². The van der Waals surface area contributed by atoms with Crippen molar-refractivity contribution in [1.82, 2.24) is 10.2 Å². The van der Waals surface area contributed by atoms with Crippen LogP contribution in [0.5, 0.6) is 0 Å². The first-order valence-electron chi connectivity index (χ1n) is 7.71. The maximum absolute atomic E-state index is 10.6. The number of hydrogen-bond donors (Lipinski definition) is 2. The molecule has 0 aromatic heterocycles. The van der Waals surface area contributed by atoms with Crippen LogP contribution in [0.1, 0.15) is 17.5 Å². The fourth-order valence-corrected chi connectivity index (χ4v) is 3.94. The first kappa shape index (κ1) is 17.5. The fourth-order valence-electron chi connectivity index (χ4n) is 3.69. The highest BCUT2D eigenvalue weighted by atomic mass is 35.5. The zero-order chi connectivity index (χ0) is 17.5. The Hall–Kier alpha value is -1.31. The Morgan fingerprint density at radius 2 is 2.12 bits per heavy atom. The van der Waals surface area contributed by atoms with Gasteiger partial charge in [0.15, 0.2) is 0 Å². The van der Waals surface area contributed by atoms with Gasteiger partial charge in [0, 0.05) is 31.2 Å². The van der Waals surface area contributed by atoms with Crippen LogP contribution in [-0.4, -0.2) is 41.8 Å². The lowest BCUT2D eigenvalue weighted by Gasteiger charge is -2.21. The summed E-state index contributed by atoms with van der Waals surface area (Å²) in [6, 6.07) is 6.30. The summed E-state index contributed by atoms with van der Waals surface area (Å²) in [5, 5.41) is 11.6. The second kappa shape index (κ2) is 6.20. The van der Waals surface area contributed by atoms with Crippen molar-refractivity contribution in [3.63, 3.8) is 0 Å². The number of halogens is 4. The van der Waals surface area contributed by atoms with E-state index >= 15 is 0 Å². The molecule has 1 saturated heterocycles. The molecule has 1 saturated carbocycles. The van der Waals surface area contributed by atoms with Crippen LogP contribution in [0.25, 0.3) is 0 Å². The summed E-state index contributed by atoms with van der Waals surface area (Å²) < 4.78 is 31.7. The summed E-state index contributed by atoms with van der Waals surface area (Å²) >= 11 is 6.26. The van der Waals surface area contributed by atoms with E-state index in [0.717, 1.165) is 24.0 Å². The smallest absolute Gasteiger partial charge is 0.475 e. The van der Waals surface area contributed by atoms with Gasteiger partial charge in [-0.1, -0.05) is 23.7 Å². The number of carboxylic acid groups (broad SMARTS) is 1. The van der Waals surface area contributed by atoms with E-state index < -0.39 is 12.1 Å². The normalized spacial score (nSPS) is 27.9. The van der Waals surface area contributed by atoms with Crippen molar-refractivity contribution in [2.45, 2.75) is 25.7 Å². The molecule has 2 fully saturated rings. The number of benzene rings is 1. The highest BCUT2D eigenvalue weighted by Gasteiger charge is 2.57. The maximum atomic E-state index is 10.6. The largest absolute Gasteiger partial charge is 0.490 e. The van der Waals surface area contributed by atoms with Gasteiger partial charge in [-0.3, -0.25) is 4.90 Å². The van der Waals surface area contributed by atoms with Crippen LogP contribution < -0.4 is 5.32 Å². The highest BCUT2D eigenvalue weighted by molar-refractivity contribution is 6.31. The van der Waals surface area contributed by atoms with Gasteiger partial charge in [0.2, 0.25) is 0 Å². The molecule has 4 nitrogen and oxygen atoms in total. The predicted octanol–water partition coefficient (Wildman–Crippen LogP) is 2.90. The van der Waals surface area contributed by atoms with Gasteiger partial charge < -0.3 is 10.4 Å². The summed E-state index contributed by atoms with van der Waals surface area (Å²) in [5.41, 5.74) is 3.39. The number of aliphatic carboxylic acids is 1. The molecule has 0 amide bonds. The quantitative estimate of drug-likeness (QED) is 0.849. The number of hydrogen-bond acceptors (Lipinski definition) is 3. The summed E-state index contributed by atoms with van der Waals surface area (Å²) in [6.07, 6.45) is -3.65. The molecule has 0 radical (unpaired) electrons. The summed E-state index contributed by atoms with van der Waals surface area (Å²) in [7, 11) is 0. The average molecular weight is 363 g/mol. The summed E-state index contributed by atoms with van der Waals surface area (Å²) in [6.45, 7) is 5.84. The molecule has 2 aliphatic heterocycles. The lowest BCUT2D eigenvalue weighted by molar-refractivity contribution is -0.192. The van der Waals surface area contributed by atoms with E-state index in [0.29, 0.717) is 5.41 Å². The van der Waals surface area contributed by atoms with Crippen molar-refractivity contribution in [2.24, 2.45) is 11.3 Å². The first-order valence-corrected chi connectivity index (χ1v) is 8.08. The van der Waals surface area contributed by atoms with Gasteiger partial charge in [-0.05, 0) is 41.5 Å². The Morgan fingerprint density at radius 1 is 1.42 bits per heavy atom. The number of nitrogens with zero attached hydrogens (tertiary/aromatic N) is 1. The number of carboxylic acids is 1. The van der Waals surface area contributed by atoms with Crippen LogP contribution in [0.4, 0.5) is 13.2 Å². The number of carbonyl (C=O) groups is 1. The molecule has 0 bridgehead atoms. The van der Waals surface area contributed by atoms with Gasteiger partial charge in [0.05, 0.1) is 0 Å². The van der Waals surface area contributed by atoms with Crippen molar-refractivity contribution in [1.29, 1.82) is 0 Å². The Bertz CT molecular complexity index is 653. The molecule has 132 valence electrons. The number of nitrogens with one attached hydrogen (secondary N) is 1. The number of rotatable bonds is 2. The van der Waals surface area contributed by atoms with Crippen molar-refractivity contribution in [2.75, 3.05) is 19.6 Å². The number of fused-ring (bicyclic) bond motifs is 2. The third-order valence-electron chi connectivity index (χ3n) is 5.00. The zero-order valence-corrected chi connectivity index (χ0v) is 13.6. The fraction of sp³-hybridized carbons (Fsp3) is 0.562. The second-order valence-corrected chi connectivity index (χ2v) is 7.13. The third kappa shape index (κ3) is 3.53. The van der Waals surface area contributed by atoms with E-state index in [-0.39, 0.29) is 0 Å². The molecule has 24 heavy (non-hydrogen) atoms. The lowest BCUT2D eigenvalue weighted by atomic mass is 10.1. The Balaban J connectivity index is 0.000000209. The van der Waals surface area contributed by atoms with Crippen molar-refractivity contribution in [3.8, 4) is 0 Å². The molecule has 0 spiro atoms. The van der Waals surface area contributed by atoms with E-state index in [4.69, 9.17) is 21.5 Å². The maximum Gasteiger partial charge on any atom is 0.490 e. The lowest BCUT2D eigenvalue weighted by Crippen LogP contribution is -2.29. The Labute approximate surface area is 142 Å². The molecular weight excluding hydrogens is 345 g/mol. The minimum Gasteiger partial charge on any atom is -0.475 e. The van der Waals surface area contributed by atoms with Crippen LogP contribution >= 0.6 is 11.6 Å². The molecular formula is C16H18ClF3N2O2. The predicted molar refractivity (Wildman–Crippen MR) is 82.7 cm³/mol.